The molecule has 5 unspecified atom stereocenters. The Balaban J connectivity index is 1.57. The number of rotatable bonds is 5. The van der Waals surface area contributed by atoms with E-state index < -0.39 is 0 Å². The molecule has 0 bridgehead atoms. The van der Waals surface area contributed by atoms with Gasteiger partial charge in [0.2, 0.25) is 0 Å². The molecule has 0 aromatic heterocycles. The smallest absolute Gasteiger partial charge is 0.171 e. The molecule has 0 aromatic carbocycles. The van der Waals surface area contributed by atoms with Crippen LogP contribution in [-0.2, 0) is 9.47 Å². The number of nitrogens with zero attached hydrogens (tertiary/aromatic N) is 1. The number of hydrogen-bond donors (Lipinski definition) is 0. The van der Waals surface area contributed by atoms with Crippen LogP contribution >= 0.6 is 0 Å². The zero-order chi connectivity index (χ0) is 18.1. The van der Waals surface area contributed by atoms with Gasteiger partial charge in [0.25, 0.3) is 0 Å². The van der Waals surface area contributed by atoms with Crippen molar-refractivity contribution in [3.63, 3.8) is 0 Å². The van der Waals surface area contributed by atoms with Crippen LogP contribution in [0, 0.1) is 17.3 Å². The van der Waals surface area contributed by atoms with Crippen molar-refractivity contribution in [2.45, 2.75) is 104 Å². The first-order valence-electron chi connectivity index (χ1n) is 11.0. The zero-order valence-corrected chi connectivity index (χ0v) is 17.4. The second kappa shape index (κ2) is 7.86. The van der Waals surface area contributed by atoms with Crippen molar-refractivity contribution in [3.8, 4) is 0 Å². The summed E-state index contributed by atoms with van der Waals surface area (Å²) in [6, 6.07) is 0.757. The Bertz CT molecular complexity index is 438. The van der Waals surface area contributed by atoms with Gasteiger partial charge in [0.15, 0.2) is 5.79 Å². The lowest BCUT2D eigenvalue weighted by molar-refractivity contribution is -0.229. The summed E-state index contributed by atoms with van der Waals surface area (Å²) in [6.45, 7) is 15.0. The van der Waals surface area contributed by atoms with Crippen LogP contribution in [0.25, 0.3) is 0 Å². The summed E-state index contributed by atoms with van der Waals surface area (Å²) in [6.07, 6.45) is 10.5. The molecule has 3 aliphatic rings. The third-order valence-corrected chi connectivity index (χ3v) is 7.78. The first-order chi connectivity index (χ1) is 11.9. The first kappa shape index (κ1) is 19.6. The molecule has 0 amide bonds. The Kier molecular flexibility index (Phi) is 6.17. The summed E-state index contributed by atoms with van der Waals surface area (Å²) >= 11 is 0. The van der Waals surface area contributed by atoms with Gasteiger partial charge in [-0.3, -0.25) is 4.90 Å². The topological polar surface area (TPSA) is 21.7 Å². The average molecular weight is 352 g/mol. The van der Waals surface area contributed by atoms with Gasteiger partial charge in [-0.2, -0.15) is 0 Å². The van der Waals surface area contributed by atoms with Crippen molar-refractivity contribution < 1.29 is 9.47 Å². The number of hydrogen-bond acceptors (Lipinski definition) is 3. The number of likely N-dealkylation sites (tertiary alicyclic amines) is 1. The molecule has 1 spiro atoms. The Morgan fingerprint density at radius 1 is 1.16 bits per heavy atom. The molecular weight excluding hydrogens is 310 g/mol. The highest BCUT2D eigenvalue weighted by Gasteiger charge is 2.51. The van der Waals surface area contributed by atoms with E-state index in [-0.39, 0.29) is 11.9 Å². The average Bonchev–Trinajstić information content (AvgIpc) is 3.01. The van der Waals surface area contributed by atoms with Gasteiger partial charge in [0.1, 0.15) is 0 Å². The van der Waals surface area contributed by atoms with Crippen molar-refractivity contribution in [2.24, 2.45) is 17.3 Å². The molecule has 1 saturated carbocycles. The summed E-state index contributed by atoms with van der Waals surface area (Å²) in [7, 11) is 0. The molecule has 0 N–H and O–H groups in total. The molecule has 3 heteroatoms. The summed E-state index contributed by atoms with van der Waals surface area (Å²) in [5, 5.41) is 0. The second-order valence-corrected chi connectivity index (χ2v) is 9.63. The molecule has 0 radical (unpaired) electrons. The minimum absolute atomic E-state index is 0.269. The fraction of sp³-hybridized carbons (Fsp3) is 1.00. The minimum atomic E-state index is -0.289. The Morgan fingerprint density at radius 2 is 1.96 bits per heavy atom. The van der Waals surface area contributed by atoms with Crippen LogP contribution in [0.5, 0.6) is 0 Å². The standard InChI is InChI=1S/C22H41NO2/c1-6-19-10-8-9-13-23(19)15-20-16-24-22(25-20)12-11-18(14-17(22)3)21(4,5)7-2/h17-20H,6-16H2,1-5H3. The van der Waals surface area contributed by atoms with Crippen molar-refractivity contribution in [1.82, 2.24) is 4.90 Å². The maximum absolute atomic E-state index is 6.63. The van der Waals surface area contributed by atoms with Gasteiger partial charge in [0, 0.05) is 24.9 Å². The van der Waals surface area contributed by atoms with Gasteiger partial charge in [-0.1, -0.05) is 47.5 Å². The van der Waals surface area contributed by atoms with E-state index in [1.54, 1.807) is 0 Å². The summed E-state index contributed by atoms with van der Waals surface area (Å²) in [5.41, 5.74) is 0.441. The molecule has 0 aromatic rings. The third kappa shape index (κ3) is 4.09. The molecule has 2 aliphatic heterocycles. The van der Waals surface area contributed by atoms with Gasteiger partial charge >= 0.3 is 0 Å². The van der Waals surface area contributed by atoms with Gasteiger partial charge in [-0.05, 0) is 50.0 Å². The van der Waals surface area contributed by atoms with E-state index in [2.05, 4.69) is 39.5 Å². The normalized spacial score (nSPS) is 40.7. The summed E-state index contributed by atoms with van der Waals surface area (Å²) in [4.78, 5) is 2.67. The van der Waals surface area contributed by atoms with Crippen LogP contribution in [0.1, 0.15) is 86.0 Å². The lowest BCUT2D eigenvalue weighted by Gasteiger charge is -2.46. The van der Waals surface area contributed by atoms with Gasteiger partial charge in [-0.25, -0.2) is 0 Å². The first-order valence-corrected chi connectivity index (χ1v) is 11.0. The quantitative estimate of drug-likeness (QED) is 0.676. The molecular formula is C22H41NO2. The highest BCUT2D eigenvalue weighted by atomic mass is 16.7. The third-order valence-electron chi connectivity index (χ3n) is 7.78. The Hall–Kier alpha value is -0.120. The van der Waals surface area contributed by atoms with E-state index in [4.69, 9.17) is 9.47 Å². The van der Waals surface area contributed by atoms with Crippen LogP contribution in [0.3, 0.4) is 0 Å². The Morgan fingerprint density at radius 3 is 2.64 bits per heavy atom. The number of ether oxygens (including phenoxy) is 2. The number of piperidine rings is 1. The van der Waals surface area contributed by atoms with Crippen LogP contribution in [-0.4, -0.2) is 42.5 Å². The van der Waals surface area contributed by atoms with E-state index in [1.165, 1.54) is 51.5 Å². The lowest BCUT2D eigenvalue weighted by Crippen LogP contribution is -2.47. The predicted molar refractivity (Wildman–Crippen MR) is 104 cm³/mol. The molecule has 3 nitrogen and oxygen atoms in total. The van der Waals surface area contributed by atoms with Gasteiger partial charge in [-0.15, -0.1) is 0 Å². The molecule has 146 valence electrons. The van der Waals surface area contributed by atoms with E-state index in [0.29, 0.717) is 11.3 Å². The van der Waals surface area contributed by atoms with Gasteiger partial charge < -0.3 is 9.47 Å². The lowest BCUT2D eigenvalue weighted by atomic mass is 9.65. The zero-order valence-electron chi connectivity index (χ0n) is 17.4. The van der Waals surface area contributed by atoms with Crippen LogP contribution in [0.2, 0.25) is 0 Å². The highest BCUT2D eigenvalue weighted by molar-refractivity contribution is 4.94. The van der Waals surface area contributed by atoms with E-state index >= 15 is 0 Å². The molecule has 3 rings (SSSR count). The molecule has 2 saturated heterocycles. The van der Waals surface area contributed by atoms with Crippen LogP contribution < -0.4 is 0 Å². The minimum Gasteiger partial charge on any atom is -0.347 e. The van der Waals surface area contributed by atoms with E-state index in [0.717, 1.165) is 31.5 Å². The van der Waals surface area contributed by atoms with Crippen LogP contribution in [0.15, 0.2) is 0 Å². The predicted octanol–water partition coefficient (Wildman–Crippen LogP) is 5.24. The molecule has 1 aliphatic carbocycles. The molecule has 3 fully saturated rings. The fourth-order valence-electron chi connectivity index (χ4n) is 5.43. The molecule has 2 heterocycles. The second-order valence-electron chi connectivity index (χ2n) is 9.63. The monoisotopic (exact) mass is 351 g/mol. The van der Waals surface area contributed by atoms with Crippen molar-refractivity contribution in [1.29, 1.82) is 0 Å². The van der Waals surface area contributed by atoms with Crippen molar-refractivity contribution in [2.75, 3.05) is 19.7 Å². The summed E-state index contributed by atoms with van der Waals surface area (Å²) in [5.74, 6) is 1.02. The van der Waals surface area contributed by atoms with E-state index in [1.807, 2.05) is 0 Å². The van der Waals surface area contributed by atoms with E-state index in [9.17, 15) is 0 Å². The maximum atomic E-state index is 6.63. The largest absolute Gasteiger partial charge is 0.347 e. The van der Waals surface area contributed by atoms with Crippen molar-refractivity contribution in [3.05, 3.63) is 0 Å². The Labute approximate surface area is 155 Å². The van der Waals surface area contributed by atoms with Crippen LogP contribution in [0.4, 0.5) is 0 Å². The van der Waals surface area contributed by atoms with Gasteiger partial charge in [0.05, 0.1) is 12.7 Å². The SMILES string of the molecule is CCC1CCCCN1CC1COC2(CCC(C(C)(C)CC)CC2C)O1. The molecule has 5 atom stereocenters. The highest BCUT2D eigenvalue weighted by Crippen LogP contribution is 2.49. The summed E-state index contributed by atoms with van der Waals surface area (Å²) < 4.78 is 13.0. The fourth-order valence-corrected chi connectivity index (χ4v) is 5.43. The maximum Gasteiger partial charge on any atom is 0.171 e. The van der Waals surface area contributed by atoms with Crippen molar-refractivity contribution >= 4 is 0 Å². The molecule has 25 heavy (non-hydrogen) atoms.